The van der Waals surface area contributed by atoms with Crippen LogP contribution in [0.3, 0.4) is 0 Å². The Morgan fingerprint density at radius 2 is 2.26 bits per heavy atom. The summed E-state index contributed by atoms with van der Waals surface area (Å²) in [5.41, 5.74) is 5.41. The van der Waals surface area contributed by atoms with E-state index in [4.69, 9.17) is 10.8 Å². The highest BCUT2D eigenvalue weighted by Gasteiger charge is 2.53. The molecule has 1 aromatic rings. The Bertz CT molecular complexity index is 1090. The zero-order chi connectivity index (χ0) is 25.8. The molecule has 0 aromatic carbocycles. The number of aliphatic carboxylic acids is 1. The third-order valence-corrected chi connectivity index (χ3v) is 7.26. The third-order valence-electron chi connectivity index (χ3n) is 5.29. The summed E-state index contributed by atoms with van der Waals surface area (Å²) < 4.78 is 13.0. The Kier molecular flexibility index (Phi) is 8.47. The predicted molar refractivity (Wildman–Crippen MR) is 125 cm³/mol. The van der Waals surface area contributed by atoms with E-state index < -0.39 is 36.1 Å². The lowest BCUT2D eigenvalue weighted by Crippen LogP contribution is -2.71. The molecule has 3 rings (SSSR count). The van der Waals surface area contributed by atoms with Crippen LogP contribution < -0.4 is 16.2 Å². The van der Waals surface area contributed by atoms with Gasteiger partial charge in [-0.15, -0.1) is 23.1 Å². The fourth-order valence-electron chi connectivity index (χ4n) is 3.50. The normalized spacial score (nSPS) is 20.6. The Labute approximate surface area is 208 Å². The Balaban J connectivity index is 1.76. The Morgan fingerprint density at radius 3 is 2.86 bits per heavy atom. The molecular weight excluding hydrogens is 503 g/mol. The number of nitrogens with zero attached hydrogens (tertiary/aromatic N) is 4. The van der Waals surface area contributed by atoms with Crippen molar-refractivity contribution in [3.8, 4) is 0 Å². The summed E-state index contributed by atoms with van der Waals surface area (Å²) >= 11 is 2.31. The van der Waals surface area contributed by atoms with E-state index in [1.54, 1.807) is 12.2 Å². The molecule has 0 radical (unpaired) electrons. The van der Waals surface area contributed by atoms with Crippen molar-refractivity contribution in [1.29, 1.82) is 0 Å². The summed E-state index contributed by atoms with van der Waals surface area (Å²) in [6.45, 7) is -0.204. The van der Waals surface area contributed by atoms with Gasteiger partial charge in [-0.1, -0.05) is 11.2 Å². The first-order valence-corrected chi connectivity index (χ1v) is 12.3. The van der Waals surface area contributed by atoms with Crippen LogP contribution in [-0.4, -0.2) is 101 Å². The first-order chi connectivity index (χ1) is 16.6. The van der Waals surface area contributed by atoms with Crippen LogP contribution in [0.5, 0.6) is 0 Å². The van der Waals surface area contributed by atoms with Gasteiger partial charge in [0, 0.05) is 11.1 Å². The van der Waals surface area contributed by atoms with Crippen molar-refractivity contribution in [1.82, 2.24) is 15.2 Å². The minimum Gasteiger partial charge on any atom is -0.543 e. The number of fused-ring (bicyclic) bond motifs is 1. The van der Waals surface area contributed by atoms with Gasteiger partial charge in [-0.05, 0) is 11.6 Å². The summed E-state index contributed by atoms with van der Waals surface area (Å²) in [4.78, 5) is 46.9. The predicted octanol–water partition coefficient (Wildman–Crippen LogP) is -1.60. The number of hydrogen-bond donors (Lipinski definition) is 3. The fourth-order valence-corrected chi connectivity index (χ4v) is 5.37. The maximum atomic E-state index is 12.8. The molecule has 4 N–H and O–H groups in total. The average molecular weight is 529 g/mol. The summed E-state index contributed by atoms with van der Waals surface area (Å²) in [6, 6.07) is -1.04. The minimum atomic E-state index is -1.51. The number of anilines is 1. The number of oxime groups is 1. The number of rotatable bonds is 11. The van der Waals surface area contributed by atoms with Crippen LogP contribution in [0, 0.1) is 0 Å². The van der Waals surface area contributed by atoms with Gasteiger partial charge in [0.25, 0.3) is 18.7 Å². The van der Waals surface area contributed by atoms with Gasteiger partial charge in [0.1, 0.15) is 23.7 Å². The number of aromatic nitrogens is 1. The fraction of sp³-hybridized carbons (Fsp3) is 0.450. The largest absolute Gasteiger partial charge is 0.543 e. The van der Waals surface area contributed by atoms with Crippen molar-refractivity contribution in [2.45, 2.75) is 11.4 Å². The smallest absolute Gasteiger partial charge is 0.276 e. The number of carbonyl (C=O) groups is 3. The van der Waals surface area contributed by atoms with E-state index in [0.29, 0.717) is 23.1 Å². The molecule has 1 fully saturated rings. The number of amides is 2. The molecule has 0 spiro atoms. The molecule has 2 amide bonds. The van der Waals surface area contributed by atoms with Gasteiger partial charge in [-0.25, -0.2) is 9.37 Å². The van der Waals surface area contributed by atoms with Gasteiger partial charge in [0.2, 0.25) is 0 Å². The van der Waals surface area contributed by atoms with Crippen molar-refractivity contribution in [3.63, 3.8) is 0 Å². The number of aliphatic hydroxyl groups is 1. The number of carbonyl (C=O) groups excluding carboxylic acids is 3. The molecule has 0 saturated carbocycles. The molecule has 2 aliphatic rings. The summed E-state index contributed by atoms with van der Waals surface area (Å²) in [5.74, 6) is -2.73. The Hall–Kier alpha value is -3.01. The van der Waals surface area contributed by atoms with Crippen molar-refractivity contribution >= 4 is 51.7 Å². The molecule has 3 heterocycles. The van der Waals surface area contributed by atoms with Crippen LogP contribution in [0.4, 0.5) is 9.52 Å². The zero-order valence-corrected chi connectivity index (χ0v) is 20.6. The van der Waals surface area contributed by atoms with Gasteiger partial charge in [-0.3, -0.25) is 14.5 Å². The van der Waals surface area contributed by atoms with Crippen molar-refractivity contribution in [2.24, 2.45) is 5.16 Å². The van der Waals surface area contributed by atoms with Crippen LogP contribution in [0.25, 0.3) is 0 Å². The maximum Gasteiger partial charge on any atom is 0.276 e. The van der Waals surface area contributed by atoms with Crippen molar-refractivity contribution in [2.75, 3.05) is 52.1 Å². The molecule has 35 heavy (non-hydrogen) atoms. The van der Waals surface area contributed by atoms with Crippen LogP contribution in [0.1, 0.15) is 5.69 Å². The van der Waals surface area contributed by atoms with Gasteiger partial charge in [0.05, 0.1) is 38.9 Å². The van der Waals surface area contributed by atoms with E-state index in [1.165, 1.54) is 17.1 Å². The minimum absolute atomic E-state index is 0.0168. The van der Waals surface area contributed by atoms with Gasteiger partial charge in [-0.2, -0.15) is 0 Å². The number of allylic oxidation sites excluding steroid dienone is 1. The lowest BCUT2D eigenvalue weighted by atomic mass is 10.0. The second kappa shape index (κ2) is 11.2. The molecule has 190 valence electrons. The first-order valence-electron chi connectivity index (χ1n) is 10.4. The van der Waals surface area contributed by atoms with E-state index in [9.17, 15) is 23.9 Å². The SMILES string of the molecule is C[N+](C)(C/C=C/C1=C(C(=O)[O-])N2C(=O)[C@@H](NC(=O)/C(=N\OCF)c3csc(N)n3)[C@H]2SC1)CCO. The second-order valence-corrected chi connectivity index (χ2v) is 10.2. The number of thioether (sulfide) groups is 1. The molecule has 1 aromatic heterocycles. The molecule has 2 aliphatic heterocycles. The topological polar surface area (TPSA) is 170 Å². The van der Waals surface area contributed by atoms with Crippen molar-refractivity contribution in [3.05, 3.63) is 34.5 Å². The van der Waals surface area contributed by atoms with E-state index in [1.807, 2.05) is 14.1 Å². The van der Waals surface area contributed by atoms with E-state index in [2.05, 4.69) is 20.3 Å². The number of β-lactam (4-membered cyclic amide) rings is 1. The Morgan fingerprint density at radius 1 is 1.51 bits per heavy atom. The number of alkyl halides is 1. The van der Waals surface area contributed by atoms with E-state index in [0.717, 1.165) is 16.2 Å². The summed E-state index contributed by atoms with van der Waals surface area (Å²) in [5, 5.41) is 27.9. The number of carboxylic acid groups (broad SMARTS) is 1. The number of thiazole rings is 1. The first kappa shape index (κ1) is 26.6. The lowest BCUT2D eigenvalue weighted by molar-refractivity contribution is -0.884. The molecule has 2 atom stereocenters. The quantitative estimate of drug-likeness (QED) is 0.132. The average Bonchev–Trinajstić information content (AvgIpc) is 3.22. The molecule has 12 nitrogen and oxygen atoms in total. The van der Waals surface area contributed by atoms with Gasteiger partial charge < -0.3 is 35.4 Å². The van der Waals surface area contributed by atoms with E-state index >= 15 is 0 Å². The van der Waals surface area contributed by atoms with Crippen LogP contribution in [0.2, 0.25) is 0 Å². The highest BCUT2D eigenvalue weighted by atomic mass is 32.2. The van der Waals surface area contributed by atoms with Crippen LogP contribution in [0.15, 0.2) is 34.0 Å². The van der Waals surface area contributed by atoms with Crippen LogP contribution in [-0.2, 0) is 19.2 Å². The maximum absolute atomic E-state index is 12.8. The number of carboxylic acids is 1. The zero-order valence-electron chi connectivity index (χ0n) is 19.0. The van der Waals surface area contributed by atoms with Crippen LogP contribution >= 0.6 is 23.1 Å². The van der Waals surface area contributed by atoms with E-state index in [-0.39, 0.29) is 34.6 Å². The molecule has 0 bridgehead atoms. The van der Waals surface area contributed by atoms with Gasteiger partial charge in [0.15, 0.2) is 10.8 Å². The second-order valence-electron chi connectivity index (χ2n) is 8.24. The number of hydrogen-bond acceptors (Lipinski definition) is 11. The van der Waals surface area contributed by atoms with Crippen molar-refractivity contribution < 1.29 is 38.3 Å². The molecule has 0 unspecified atom stereocenters. The molecule has 15 heteroatoms. The number of nitrogens with one attached hydrogen (secondary N) is 1. The van der Waals surface area contributed by atoms with Gasteiger partial charge >= 0.3 is 0 Å². The lowest BCUT2D eigenvalue weighted by Gasteiger charge is -2.50. The molecular formula is C20H25FN6O6S2. The number of quaternary nitrogens is 1. The summed E-state index contributed by atoms with van der Waals surface area (Å²) in [6.07, 6.45) is 3.42. The summed E-state index contributed by atoms with van der Waals surface area (Å²) in [7, 11) is 3.84. The number of aliphatic hydroxyl groups excluding tert-OH is 1. The standard InChI is InChI=1S/C20H25FN6O6S2/c1-27(2,6-7-28)5-3-4-11-8-34-18-14(17(30)26(18)15(11)19(31)32)24-16(29)13(25-33-10-21)12-9-35-20(22)23-12/h3-4,9,14,18,28H,5-8,10H2,1-2H3,(H3-,22,23,24,29,31,32)/b4-3+,25-13-/t14-,18-/m1/s1. The number of nitrogen functional groups attached to an aromatic ring is 1. The third kappa shape index (κ3) is 5.98. The number of likely N-dealkylation sites (N-methyl/N-ethyl adjacent to an activating group) is 1. The number of halogens is 1. The highest BCUT2D eigenvalue weighted by Crippen LogP contribution is 2.40. The molecule has 0 aliphatic carbocycles. The molecule has 1 saturated heterocycles. The number of nitrogens with two attached hydrogens (primary N) is 1. The monoisotopic (exact) mass is 528 g/mol. The highest BCUT2D eigenvalue weighted by molar-refractivity contribution is 8.00.